The highest BCUT2D eigenvalue weighted by Crippen LogP contribution is 2.35. The van der Waals surface area contributed by atoms with E-state index in [1.165, 1.54) is 4.88 Å². The van der Waals surface area contributed by atoms with Gasteiger partial charge in [-0.05, 0) is 59.2 Å². The molecule has 6 heteroatoms. The van der Waals surface area contributed by atoms with Crippen LogP contribution in [0.4, 0.5) is 0 Å². The number of nitriles is 1. The van der Waals surface area contributed by atoms with Gasteiger partial charge < -0.3 is 4.98 Å². The van der Waals surface area contributed by atoms with Gasteiger partial charge >= 0.3 is 0 Å². The highest BCUT2D eigenvalue weighted by molar-refractivity contribution is 7.18. The molecular formula is C18H15N3OS2. The Kier molecular flexibility index (Phi) is 3.83. The molecule has 0 bridgehead atoms. The van der Waals surface area contributed by atoms with Crippen molar-refractivity contribution in [2.45, 2.75) is 26.2 Å². The van der Waals surface area contributed by atoms with Gasteiger partial charge in [-0.25, -0.2) is 4.98 Å². The van der Waals surface area contributed by atoms with E-state index in [0.29, 0.717) is 17.3 Å². The lowest BCUT2D eigenvalue weighted by atomic mass is 9.89. The van der Waals surface area contributed by atoms with Crippen molar-refractivity contribution in [1.82, 2.24) is 9.97 Å². The number of rotatable bonds is 2. The Balaban J connectivity index is 1.87. The van der Waals surface area contributed by atoms with E-state index in [1.54, 1.807) is 28.7 Å². The number of nitrogens with one attached hydrogen (secondary N) is 1. The molecule has 0 radical (unpaired) electrons. The predicted octanol–water partition coefficient (Wildman–Crippen LogP) is 4.24. The Morgan fingerprint density at radius 1 is 1.54 bits per heavy atom. The molecule has 0 spiro atoms. The second-order valence-corrected chi connectivity index (χ2v) is 8.04. The van der Waals surface area contributed by atoms with Crippen LogP contribution in [0.1, 0.15) is 35.2 Å². The van der Waals surface area contributed by atoms with Crippen LogP contribution in [-0.4, -0.2) is 9.97 Å². The van der Waals surface area contributed by atoms with Gasteiger partial charge in [-0.15, -0.1) is 11.3 Å². The summed E-state index contributed by atoms with van der Waals surface area (Å²) in [6.45, 7) is 2.24. The number of aryl methyl sites for hydroxylation is 1. The third kappa shape index (κ3) is 2.60. The van der Waals surface area contributed by atoms with Crippen LogP contribution in [0.3, 0.4) is 0 Å². The number of aromatic amines is 1. The summed E-state index contributed by atoms with van der Waals surface area (Å²) in [6.07, 6.45) is 4.83. The van der Waals surface area contributed by atoms with Crippen molar-refractivity contribution in [2.24, 2.45) is 5.92 Å². The standard InChI is InChI=1S/C18H15N3OS2/c1-10-2-3-13-14(6-10)24-18-15(13)17(22)20-16(21-18)12(8-19)7-11-4-5-23-9-11/h4-5,7,9-10H,2-3,6H2,1H3,(H,20,21,22)/b12-7+/t10-/m1/s1. The average molecular weight is 353 g/mol. The minimum atomic E-state index is -0.131. The van der Waals surface area contributed by atoms with Crippen molar-refractivity contribution < 1.29 is 0 Å². The second kappa shape index (κ2) is 6.00. The van der Waals surface area contributed by atoms with Gasteiger partial charge in [0.05, 0.1) is 11.0 Å². The van der Waals surface area contributed by atoms with E-state index >= 15 is 0 Å². The first-order valence-corrected chi connectivity index (χ1v) is 9.60. The first kappa shape index (κ1) is 15.3. The summed E-state index contributed by atoms with van der Waals surface area (Å²) >= 11 is 3.17. The zero-order chi connectivity index (χ0) is 16.7. The number of H-pyrrole nitrogens is 1. The first-order chi connectivity index (χ1) is 11.7. The second-order valence-electron chi connectivity index (χ2n) is 6.17. The molecule has 0 amide bonds. The molecule has 120 valence electrons. The van der Waals surface area contributed by atoms with Crippen LogP contribution in [0.15, 0.2) is 21.6 Å². The van der Waals surface area contributed by atoms with Crippen LogP contribution in [-0.2, 0) is 12.8 Å². The molecule has 3 aromatic heterocycles. The lowest BCUT2D eigenvalue weighted by Gasteiger charge is -2.17. The molecule has 0 aliphatic heterocycles. The number of thiophene rings is 2. The van der Waals surface area contributed by atoms with E-state index < -0.39 is 0 Å². The lowest BCUT2D eigenvalue weighted by Crippen LogP contribution is -2.14. The highest BCUT2D eigenvalue weighted by atomic mass is 32.1. The Morgan fingerprint density at radius 3 is 3.17 bits per heavy atom. The molecule has 3 aromatic rings. The molecule has 4 rings (SSSR count). The van der Waals surface area contributed by atoms with Crippen molar-refractivity contribution in [3.05, 3.63) is 49.0 Å². The largest absolute Gasteiger partial charge is 0.305 e. The molecule has 3 heterocycles. The molecule has 0 fully saturated rings. The molecule has 0 saturated heterocycles. The van der Waals surface area contributed by atoms with Gasteiger partial charge in [0.15, 0.2) is 5.82 Å². The fourth-order valence-corrected chi connectivity index (χ4v) is 5.16. The van der Waals surface area contributed by atoms with Gasteiger partial charge in [-0.3, -0.25) is 4.79 Å². The summed E-state index contributed by atoms with van der Waals surface area (Å²) in [6, 6.07) is 4.09. The molecule has 24 heavy (non-hydrogen) atoms. The van der Waals surface area contributed by atoms with Gasteiger partial charge in [0.2, 0.25) is 0 Å². The van der Waals surface area contributed by atoms with Gasteiger partial charge in [-0.2, -0.15) is 16.6 Å². The van der Waals surface area contributed by atoms with Crippen LogP contribution in [0.5, 0.6) is 0 Å². The maximum atomic E-state index is 12.6. The fraction of sp³-hybridized carbons (Fsp3) is 0.278. The quantitative estimate of drug-likeness (QED) is 0.701. The van der Waals surface area contributed by atoms with Gasteiger partial charge in [-0.1, -0.05) is 6.92 Å². The number of allylic oxidation sites excluding steroid dienone is 1. The van der Waals surface area contributed by atoms with E-state index in [4.69, 9.17) is 0 Å². The minimum Gasteiger partial charge on any atom is -0.305 e. The molecule has 4 nitrogen and oxygen atoms in total. The van der Waals surface area contributed by atoms with E-state index in [-0.39, 0.29) is 5.56 Å². The van der Waals surface area contributed by atoms with Crippen LogP contribution < -0.4 is 5.56 Å². The van der Waals surface area contributed by atoms with Crippen molar-refractivity contribution in [2.75, 3.05) is 0 Å². The van der Waals surface area contributed by atoms with E-state index in [2.05, 4.69) is 23.0 Å². The highest BCUT2D eigenvalue weighted by Gasteiger charge is 2.23. The molecule has 1 N–H and O–H groups in total. The van der Waals surface area contributed by atoms with Crippen LogP contribution in [0, 0.1) is 17.2 Å². The molecule has 0 aromatic carbocycles. The molecule has 1 aliphatic rings. The molecule has 1 atom stereocenters. The number of hydrogen-bond donors (Lipinski definition) is 1. The summed E-state index contributed by atoms with van der Waals surface area (Å²) in [5.41, 5.74) is 2.35. The topological polar surface area (TPSA) is 69.5 Å². The Hall–Kier alpha value is -2.23. The van der Waals surface area contributed by atoms with E-state index in [1.807, 2.05) is 16.8 Å². The summed E-state index contributed by atoms with van der Waals surface area (Å²) < 4.78 is 0. The van der Waals surface area contributed by atoms with Crippen molar-refractivity contribution >= 4 is 44.5 Å². The van der Waals surface area contributed by atoms with Gasteiger partial charge in [0.25, 0.3) is 5.56 Å². The monoisotopic (exact) mass is 353 g/mol. The zero-order valence-electron chi connectivity index (χ0n) is 13.1. The zero-order valence-corrected chi connectivity index (χ0v) is 14.8. The minimum absolute atomic E-state index is 0.131. The van der Waals surface area contributed by atoms with Crippen molar-refractivity contribution in [3.8, 4) is 6.07 Å². The summed E-state index contributed by atoms with van der Waals surface area (Å²) in [5.74, 6) is 1.00. The van der Waals surface area contributed by atoms with Crippen molar-refractivity contribution in [1.29, 1.82) is 5.26 Å². The molecular weight excluding hydrogens is 338 g/mol. The van der Waals surface area contributed by atoms with Gasteiger partial charge in [0.1, 0.15) is 10.9 Å². The smallest absolute Gasteiger partial charge is 0.260 e. The van der Waals surface area contributed by atoms with Crippen LogP contribution in [0.25, 0.3) is 21.9 Å². The van der Waals surface area contributed by atoms with Crippen LogP contribution in [0.2, 0.25) is 0 Å². The molecule has 1 aliphatic carbocycles. The Morgan fingerprint density at radius 2 is 2.42 bits per heavy atom. The SMILES string of the molecule is C[C@@H]1CCc2c(sc3nc(/C(C#N)=C/c4ccsc4)[nH]c(=O)c23)C1. The summed E-state index contributed by atoms with van der Waals surface area (Å²) in [4.78, 5) is 22.0. The molecule has 0 unspecified atom stereocenters. The molecule has 0 saturated carbocycles. The lowest BCUT2D eigenvalue weighted by molar-refractivity contribution is 0.509. The van der Waals surface area contributed by atoms with Gasteiger partial charge in [0, 0.05) is 4.88 Å². The summed E-state index contributed by atoms with van der Waals surface area (Å²) in [7, 11) is 0. The maximum absolute atomic E-state index is 12.6. The Labute approximate surface area is 147 Å². The number of aromatic nitrogens is 2. The third-order valence-corrected chi connectivity index (χ3v) is 6.24. The summed E-state index contributed by atoms with van der Waals surface area (Å²) in [5, 5.41) is 14.1. The van der Waals surface area contributed by atoms with E-state index in [9.17, 15) is 10.1 Å². The third-order valence-electron chi connectivity index (χ3n) is 4.40. The Bertz CT molecular complexity index is 1030. The average Bonchev–Trinajstić information content (AvgIpc) is 3.18. The number of fused-ring (bicyclic) bond motifs is 3. The number of hydrogen-bond acceptors (Lipinski definition) is 5. The number of nitrogens with zero attached hydrogens (tertiary/aromatic N) is 2. The normalized spacial score (nSPS) is 17.7. The predicted molar refractivity (Wildman–Crippen MR) is 99.2 cm³/mol. The fourth-order valence-electron chi connectivity index (χ4n) is 3.15. The van der Waals surface area contributed by atoms with Crippen LogP contribution >= 0.6 is 22.7 Å². The first-order valence-electron chi connectivity index (χ1n) is 7.84. The van der Waals surface area contributed by atoms with Crippen molar-refractivity contribution in [3.63, 3.8) is 0 Å². The van der Waals surface area contributed by atoms with E-state index in [0.717, 1.165) is 40.6 Å². The maximum Gasteiger partial charge on any atom is 0.260 e.